The van der Waals surface area contributed by atoms with E-state index in [1.165, 1.54) is 0 Å². The smallest absolute Gasteiger partial charge is 0.277 e. The van der Waals surface area contributed by atoms with Crippen molar-refractivity contribution in [3.05, 3.63) is 44.2 Å². The van der Waals surface area contributed by atoms with Crippen LogP contribution in [0.3, 0.4) is 0 Å². The van der Waals surface area contributed by atoms with Crippen LogP contribution in [-0.4, -0.2) is 15.7 Å². The maximum Gasteiger partial charge on any atom is 0.277 e. The van der Waals surface area contributed by atoms with Gasteiger partial charge in [-0.15, -0.1) is 0 Å². The van der Waals surface area contributed by atoms with Gasteiger partial charge in [0.2, 0.25) is 0 Å². The Labute approximate surface area is 123 Å². The van der Waals surface area contributed by atoms with Crippen LogP contribution in [0.2, 0.25) is 5.02 Å². The predicted molar refractivity (Wildman–Crippen MR) is 80.1 cm³/mol. The van der Waals surface area contributed by atoms with E-state index in [0.29, 0.717) is 5.02 Å². The lowest BCUT2D eigenvalue weighted by Gasteiger charge is -2.03. The number of hydrogen-bond donors (Lipinski definition) is 1. The first-order valence-corrected chi connectivity index (χ1v) is 6.70. The molecule has 1 heterocycles. The third-order valence-electron chi connectivity index (χ3n) is 2.58. The fourth-order valence-electron chi connectivity index (χ4n) is 1.45. The van der Waals surface area contributed by atoms with Crippen LogP contribution in [0, 0.1) is 10.5 Å². The summed E-state index contributed by atoms with van der Waals surface area (Å²) < 4.78 is 2.70. The molecule has 6 heteroatoms. The normalized spacial score (nSPS) is 10.4. The molecular formula is C12H11ClIN3O. The van der Waals surface area contributed by atoms with Gasteiger partial charge in [0.05, 0.1) is 10.7 Å². The molecule has 0 unspecified atom stereocenters. The SMILES string of the molecule is Cc1c(Cl)c(C(=O)Nc2ccc(I)cc2)nn1C. The molecule has 0 radical (unpaired) electrons. The molecule has 94 valence electrons. The molecule has 0 aliphatic carbocycles. The van der Waals surface area contributed by atoms with Gasteiger partial charge < -0.3 is 5.32 Å². The van der Waals surface area contributed by atoms with Crippen molar-refractivity contribution in [2.24, 2.45) is 7.05 Å². The second kappa shape index (κ2) is 5.27. The molecule has 1 N–H and O–H groups in total. The third-order valence-corrected chi connectivity index (χ3v) is 3.75. The maximum atomic E-state index is 12.0. The Balaban J connectivity index is 2.22. The highest BCUT2D eigenvalue weighted by Gasteiger charge is 2.18. The second-order valence-corrected chi connectivity index (χ2v) is 5.46. The van der Waals surface area contributed by atoms with Crippen LogP contribution in [0.1, 0.15) is 16.2 Å². The lowest BCUT2D eigenvalue weighted by atomic mass is 10.3. The monoisotopic (exact) mass is 375 g/mol. The summed E-state index contributed by atoms with van der Waals surface area (Å²) in [6.07, 6.45) is 0. The molecule has 1 amide bonds. The molecule has 0 aliphatic heterocycles. The number of aromatic nitrogens is 2. The number of halogens is 2. The van der Waals surface area contributed by atoms with E-state index < -0.39 is 0 Å². The summed E-state index contributed by atoms with van der Waals surface area (Å²) >= 11 is 8.26. The van der Waals surface area contributed by atoms with Crippen molar-refractivity contribution >= 4 is 45.8 Å². The van der Waals surface area contributed by atoms with E-state index in [1.807, 2.05) is 31.2 Å². The summed E-state index contributed by atoms with van der Waals surface area (Å²) in [6, 6.07) is 7.51. The summed E-state index contributed by atoms with van der Waals surface area (Å²) in [5.74, 6) is -0.301. The quantitative estimate of drug-likeness (QED) is 0.819. The molecule has 1 aromatic carbocycles. The number of carbonyl (C=O) groups is 1. The van der Waals surface area contributed by atoms with Crippen molar-refractivity contribution in [2.45, 2.75) is 6.92 Å². The molecule has 4 nitrogen and oxygen atoms in total. The summed E-state index contributed by atoms with van der Waals surface area (Å²) in [7, 11) is 1.75. The lowest BCUT2D eigenvalue weighted by molar-refractivity contribution is 0.102. The van der Waals surface area contributed by atoms with Crippen LogP contribution in [0.4, 0.5) is 5.69 Å². The van der Waals surface area contributed by atoms with Gasteiger partial charge in [0, 0.05) is 16.3 Å². The Morgan fingerprint density at radius 2 is 2.00 bits per heavy atom. The van der Waals surface area contributed by atoms with Gasteiger partial charge in [-0.1, -0.05) is 11.6 Å². The first-order chi connectivity index (χ1) is 8.49. The molecular weight excluding hydrogens is 365 g/mol. The zero-order valence-electron chi connectivity index (χ0n) is 9.87. The number of amides is 1. The van der Waals surface area contributed by atoms with Crippen molar-refractivity contribution < 1.29 is 4.79 Å². The van der Waals surface area contributed by atoms with E-state index in [-0.39, 0.29) is 11.6 Å². The zero-order valence-corrected chi connectivity index (χ0v) is 12.8. The highest BCUT2D eigenvalue weighted by Crippen LogP contribution is 2.20. The van der Waals surface area contributed by atoms with Crippen LogP contribution < -0.4 is 5.32 Å². The Bertz CT molecular complexity index is 592. The number of hydrogen-bond acceptors (Lipinski definition) is 2. The van der Waals surface area contributed by atoms with Crippen LogP contribution in [0.15, 0.2) is 24.3 Å². The first-order valence-electron chi connectivity index (χ1n) is 5.25. The van der Waals surface area contributed by atoms with Crippen molar-refractivity contribution in [1.29, 1.82) is 0 Å². The molecule has 0 fully saturated rings. The Hall–Kier alpha value is -1.08. The summed E-state index contributed by atoms with van der Waals surface area (Å²) in [5, 5.41) is 7.25. The highest BCUT2D eigenvalue weighted by atomic mass is 127. The van der Waals surface area contributed by atoms with Gasteiger partial charge in [0.15, 0.2) is 5.69 Å². The molecule has 0 atom stereocenters. The molecule has 2 rings (SSSR count). The predicted octanol–water partition coefficient (Wildman–Crippen LogP) is 3.24. The maximum absolute atomic E-state index is 12.0. The molecule has 18 heavy (non-hydrogen) atoms. The highest BCUT2D eigenvalue weighted by molar-refractivity contribution is 14.1. The van der Waals surface area contributed by atoms with E-state index in [9.17, 15) is 4.79 Å². The Morgan fingerprint density at radius 1 is 1.39 bits per heavy atom. The average molecular weight is 376 g/mol. The standard InChI is InChI=1S/C12H11ClIN3O/c1-7-10(13)11(16-17(7)2)12(18)15-9-5-3-8(14)4-6-9/h3-6H,1-2H3,(H,15,18). The minimum Gasteiger partial charge on any atom is -0.321 e. The van der Waals surface area contributed by atoms with Crippen LogP contribution >= 0.6 is 34.2 Å². The van der Waals surface area contributed by atoms with E-state index >= 15 is 0 Å². The van der Waals surface area contributed by atoms with Crippen LogP contribution in [-0.2, 0) is 7.05 Å². The first kappa shape index (κ1) is 13.4. The largest absolute Gasteiger partial charge is 0.321 e. The number of rotatable bonds is 2. The second-order valence-electron chi connectivity index (χ2n) is 3.83. The number of nitrogens with one attached hydrogen (secondary N) is 1. The summed E-state index contributed by atoms with van der Waals surface area (Å²) in [4.78, 5) is 12.0. The Morgan fingerprint density at radius 3 is 2.50 bits per heavy atom. The fourth-order valence-corrected chi connectivity index (χ4v) is 2.06. The van der Waals surface area contributed by atoms with Crippen molar-refractivity contribution in [3.8, 4) is 0 Å². The molecule has 2 aromatic rings. The molecule has 0 saturated carbocycles. The molecule has 1 aromatic heterocycles. The van der Waals surface area contributed by atoms with Crippen LogP contribution in [0.5, 0.6) is 0 Å². The van der Waals surface area contributed by atoms with Crippen molar-refractivity contribution in [1.82, 2.24) is 9.78 Å². The zero-order chi connectivity index (χ0) is 13.3. The summed E-state index contributed by atoms with van der Waals surface area (Å²) in [5.41, 5.74) is 1.74. The van der Waals surface area contributed by atoms with Gasteiger partial charge in [-0.05, 0) is 53.8 Å². The van der Waals surface area contributed by atoms with E-state index in [1.54, 1.807) is 11.7 Å². The van der Waals surface area contributed by atoms with E-state index in [2.05, 4.69) is 33.0 Å². The van der Waals surface area contributed by atoms with E-state index in [4.69, 9.17) is 11.6 Å². The van der Waals surface area contributed by atoms with Crippen molar-refractivity contribution in [2.75, 3.05) is 5.32 Å². The van der Waals surface area contributed by atoms with Gasteiger partial charge in [-0.25, -0.2) is 0 Å². The number of benzene rings is 1. The van der Waals surface area contributed by atoms with Gasteiger partial charge in [0.25, 0.3) is 5.91 Å². The number of nitrogens with zero attached hydrogens (tertiary/aromatic N) is 2. The topological polar surface area (TPSA) is 46.9 Å². The molecule has 0 spiro atoms. The minimum atomic E-state index is -0.301. The minimum absolute atomic E-state index is 0.246. The molecule has 0 bridgehead atoms. The fraction of sp³-hybridized carbons (Fsp3) is 0.167. The van der Waals surface area contributed by atoms with Gasteiger partial charge >= 0.3 is 0 Å². The van der Waals surface area contributed by atoms with Gasteiger partial charge in [0.1, 0.15) is 0 Å². The third kappa shape index (κ3) is 2.67. The molecule has 0 saturated heterocycles. The molecule has 0 aliphatic rings. The lowest BCUT2D eigenvalue weighted by Crippen LogP contribution is -2.13. The van der Waals surface area contributed by atoms with Crippen molar-refractivity contribution in [3.63, 3.8) is 0 Å². The van der Waals surface area contributed by atoms with Crippen LogP contribution in [0.25, 0.3) is 0 Å². The summed E-state index contributed by atoms with van der Waals surface area (Å²) in [6.45, 7) is 1.82. The number of aryl methyl sites for hydroxylation is 1. The number of anilines is 1. The van der Waals surface area contributed by atoms with Gasteiger partial charge in [-0.3, -0.25) is 9.48 Å². The van der Waals surface area contributed by atoms with E-state index in [0.717, 1.165) is 15.0 Å². The average Bonchev–Trinajstić information content (AvgIpc) is 2.60. The number of carbonyl (C=O) groups excluding carboxylic acids is 1. The Kier molecular flexibility index (Phi) is 3.91. The van der Waals surface area contributed by atoms with Gasteiger partial charge in [-0.2, -0.15) is 5.10 Å².